The first-order valence-corrected chi connectivity index (χ1v) is 11.7. The molecule has 3 rings (SSSR count). The van der Waals surface area contributed by atoms with Gasteiger partial charge in [0.15, 0.2) is 11.6 Å². The molecule has 0 radical (unpaired) electrons. The number of rotatable bonds is 5. The maximum atomic E-state index is 13.6. The lowest BCUT2D eigenvalue weighted by Gasteiger charge is -2.11. The summed E-state index contributed by atoms with van der Waals surface area (Å²) >= 11 is 0. The smallest absolute Gasteiger partial charge is 0.336 e. The van der Waals surface area contributed by atoms with Gasteiger partial charge in [-0.1, -0.05) is 18.2 Å². The Bertz CT molecular complexity index is 1400. The third-order valence-electron chi connectivity index (χ3n) is 4.42. The molecule has 0 saturated heterocycles. The summed E-state index contributed by atoms with van der Waals surface area (Å²) in [5, 5.41) is 12.0. The molecular formula is C23H18F2N2O5S. The Morgan fingerprint density at radius 2 is 1.58 bits per heavy atom. The predicted octanol–water partition coefficient (Wildman–Crippen LogP) is 4.45. The molecule has 0 atom stereocenters. The number of amides is 2. The van der Waals surface area contributed by atoms with Gasteiger partial charge in [-0.15, -0.1) is 0 Å². The summed E-state index contributed by atoms with van der Waals surface area (Å²) in [6, 6.07) is 12.9. The zero-order valence-corrected chi connectivity index (χ0v) is 18.3. The van der Waals surface area contributed by atoms with Crippen LogP contribution in [0.1, 0.15) is 31.1 Å². The van der Waals surface area contributed by atoms with E-state index >= 15 is 0 Å². The Labute approximate surface area is 188 Å². The van der Waals surface area contributed by atoms with Crippen LogP contribution in [0.5, 0.6) is 0 Å². The highest BCUT2D eigenvalue weighted by molar-refractivity contribution is 7.92. The van der Waals surface area contributed by atoms with Crippen LogP contribution in [0.2, 0.25) is 0 Å². The van der Waals surface area contributed by atoms with Crippen molar-refractivity contribution < 1.29 is 32.5 Å². The summed E-state index contributed by atoms with van der Waals surface area (Å²) < 4.78 is 42.1. The monoisotopic (exact) mass is 472 g/mol. The van der Waals surface area contributed by atoms with Crippen molar-refractivity contribution >= 4 is 33.2 Å². The van der Waals surface area contributed by atoms with E-state index in [1.54, 1.807) is 12.1 Å². The maximum Gasteiger partial charge on any atom is 0.336 e. The molecule has 2 amide bonds. The fraction of sp³-hybridized carbons (Fsp3) is 0.0870. The standard InChI is InChI=1S/C23H18F2N2O5S/c1-33(2,32)27-21(28)15-6-8-17(23(30)31)18(11-15)22(29)26-16-5-3-4-13(10-16)14-7-9-19(24)20(25)12-14/h3-12H,1-2H3,(H,26,29)(H,30,31). The summed E-state index contributed by atoms with van der Waals surface area (Å²) in [6.07, 6.45) is 2.54. The highest BCUT2D eigenvalue weighted by Gasteiger charge is 2.20. The number of carbonyl (C=O) groups is 3. The lowest BCUT2D eigenvalue weighted by molar-refractivity contribution is 0.0692. The van der Waals surface area contributed by atoms with E-state index in [0.717, 1.165) is 24.3 Å². The van der Waals surface area contributed by atoms with Gasteiger partial charge in [0.1, 0.15) is 0 Å². The Morgan fingerprint density at radius 3 is 2.21 bits per heavy atom. The highest BCUT2D eigenvalue weighted by atomic mass is 32.2. The van der Waals surface area contributed by atoms with Gasteiger partial charge in [0, 0.05) is 33.5 Å². The van der Waals surface area contributed by atoms with Crippen LogP contribution in [0.4, 0.5) is 14.5 Å². The largest absolute Gasteiger partial charge is 0.478 e. The maximum absolute atomic E-state index is 13.6. The molecule has 2 N–H and O–H groups in total. The van der Waals surface area contributed by atoms with Gasteiger partial charge < -0.3 is 10.4 Å². The van der Waals surface area contributed by atoms with Crippen molar-refractivity contribution in [2.24, 2.45) is 4.36 Å². The summed E-state index contributed by atoms with van der Waals surface area (Å²) in [7, 11) is -2.76. The highest BCUT2D eigenvalue weighted by Crippen LogP contribution is 2.25. The van der Waals surface area contributed by atoms with Crippen LogP contribution in [0, 0.1) is 11.6 Å². The average molecular weight is 472 g/mol. The number of halogens is 2. The number of benzene rings is 3. The lowest BCUT2D eigenvalue weighted by atomic mass is 10.0. The van der Waals surface area contributed by atoms with Crippen molar-refractivity contribution in [3.63, 3.8) is 0 Å². The predicted molar refractivity (Wildman–Crippen MR) is 120 cm³/mol. The summed E-state index contributed by atoms with van der Waals surface area (Å²) in [5.41, 5.74) is 0.346. The fourth-order valence-corrected chi connectivity index (χ4v) is 3.46. The topological polar surface area (TPSA) is 113 Å². The minimum atomic E-state index is -2.76. The Hall–Kier alpha value is -3.92. The molecule has 0 bridgehead atoms. The van der Waals surface area contributed by atoms with Crippen LogP contribution in [0.15, 0.2) is 65.0 Å². The Morgan fingerprint density at radius 1 is 0.879 bits per heavy atom. The molecule has 0 aliphatic carbocycles. The van der Waals surface area contributed by atoms with E-state index < -0.39 is 39.1 Å². The van der Waals surface area contributed by atoms with E-state index in [0.29, 0.717) is 11.1 Å². The van der Waals surface area contributed by atoms with Crippen LogP contribution < -0.4 is 5.32 Å². The first kappa shape index (κ1) is 23.7. The first-order chi connectivity index (χ1) is 15.4. The van der Waals surface area contributed by atoms with E-state index in [1.807, 2.05) is 0 Å². The van der Waals surface area contributed by atoms with Gasteiger partial charge in [0.25, 0.3) is 11.8 Å². The van der Waals surface area contributed by atoms with Crippen molar-refractivity contribution in [1.82, 2.24) is 0 Å². The second-order valence-corrected chi connectivity index (χ2v) is 9.85. The van der Waals surface area contributed by atoms with E-state index in [1.165, 1.54) is 36.8 Å². The molecule has 0 aliphatic heterocycles. The number of carboxylic acids is 1. The molecule has 10 heteroatoms. The number of carbonyl (C=O) groups excluding carboxylic acids is 2. The third kappa shape index (κ3) is 5.86. The quantitative estimate of drug-likeness (QED) is 0.570. The minimum Gasteiger partial charge on any atom is -0.478 e. The van der Waals surface area contributed by atoms with Crippen LogP contribution in [0.25, 0.3) is 11.1 Å². The van der Waals surface area contributed by atoms with Crippen molar-refractivity contribution in [1.29, 1.82) is 0 Å². The number of nitrogens with zero attached hydrogens (tertiary/aromatic N) is 1. The summed E-state index contributed by atoms with van der Waals surface area (Å²) in [6.45, 7) is 0. The molecule has 3 aromatic rings. The number of hydrogen-bond donors (Lipinski definition) is 2. The summed E-state index contributed by atoms with van der Waals surface area (Å²) in [4.78, 5) is 36.7. The molecule has 170 valence electrons. The van der Waals surface area contributed by atoms with E-state index in [2.05, 4.69) is 9.68 Å². The molecule has 0 fully saturated rings. The molecule has 0 aromatic heterocycles. The van der Waals surface area contributed by atoms with Gasteiger partial charge in [-0.2, -0.15) is 4.36 Å². The second-order valence-electron chi connectivity index (χ2n) is 7.31. The molecule has 0 spiro atoms. The number of nitrogens with one attached hydrogen (secondary N) is 1. The average Bonchev–Trinajstić information content (AvgIpc) is 2.74. The SMILES string of the molecule is CS(C)(=O)=NC(=O)c1ccc(C(=O)O)c(C(=O)Nc2cccc(-c3ccc(F)c(F)c3)c2)c1. The van der Waals surface area contributed by atoms with Crippen molar-refractivity contribution in [3.05, 3.63) is 89.0 Å². The van der Waals surface area contributed by atoms with Gasteiger partial charge >= 0.3 is 5.97 Å². The van der Waals surface area contributed by atoms with Crippen molar-refractivity contribution in [2.75, 3.05) is 17.8 Å². The minimum absolute atomic E-state index is 0.0999. The molecule has 3 aromatic carbocycles. The number of hydrogen-bond acceptors (Lipinski definition) is 4. The van der Waals surface area contributed by atoms with Crippen LogP contribution in [-0.4, -0.2) is 39.6 Å². The molecule has 0 saturated carbocycles. The van der Waals surface area contributed by atoms with Crippen LogP contribution in [-0.2, 0) is 9.73 Å². The van der Waals surface area contributed by atoms with Gasteiger partial charge in [-0.3, -0.25) is 9.59 Å². The molecule has 33 heavy (non-hydrogen) atoms. The molecular weight excluding hydrogens is 454 g/mol. The van der Waals surface area contributed by atoms with E-state index in [-0.39, 0.29) is 22.4 Å². The van der Waals surface area contributed by atoms with Crippen molar-refractivity contribution in [3.8, 4) is 11.1 Å². The lowest BCUT2D eigenvalue weighted by Crippen LogP contribution is -2.17. The van der Waals surface area contributed by atoms with Crippen LogP contribution in [0.3, 0.4) is 0 Å². The van der Waals surface area contributed by atoms with Crippen molar-refractivity contribution in [2.45, 2.75) is 0 Å². The number of anilines is 1. The number of carboxylic acid groups (broad SMARTS) is 1. The molecule has 0 unspecified atom stereocenters. The second kappa shape index (κ2) is 9.29. The molecule has 7 nitrogen and oxygen atoms in total. The number of aromatic carboxylic acids is 1. The zero-order chi connectivity index (χ0) is 24.3. The van der Waals surface area contributed by atoms with Gasteiger partial charge in [0.2, 0.25) is 0 Å². The van der Waals surface area contributed by atoms with E-state index in [9.17, 15) is 32.5 Å². The normalized spacial score (nSPS) is 11.0. The van der Waals surface area contributed by atoms with Gasteiger partial charge in [0.05, 0.1) is 11.1 Å². The first-order valence-electron chi connectivity index (χ1n) is 9.40. The summed E-state index contributed by atoms with van der Waals surface area (Å²) in [5.74, 6) is -5.08. The molecule has 0 aliphatic rings. The fourth-order valence-electron chi connectivity index (χ4n) is 2.95. The molecule has 0 heterocycles. The third-order valence-corrected chi connectivity index (χ3v) is 5.02. The Kier molecular flexibility index (Phi) is 6.68. The van der Waals surface area contributed by atoms with E-state index in [4.69, 9.17) is 0 Å². The van der Waals surface area contributed by atoms with Crippen LogP contribution >= 0.6 is 0 Å². The van der Waals surface area contributed by atoms with Gasteiger partial charge in [-0.05, 0) is 53.6 Å². The Balaban J connectivity index is 1.96. The zero-order valence-electron chi connectivity index (χ0n) is 17.5. The van der Waals surface area contributed by atoms with Gasteiger partial charge in [-0.25, -0.2) is 17.8 Å².